The second kappa shape index (κ2) is 7.01. The van der Waals surface area contributed by atoms with Crippen molar-refractivity contribution >= 4 is 39.1 Å². The molecule has 2 aromatic rings. The fourth-order valence-corrected chi connectivity index (χ4v) is 5.06. The van der Waals surface area contributed by atoms with E-state index in [0.29, 0.717) is 19.7 Å². The van der Waals surface area contributed by atoms with Crippen LogP contribution in [0.25, 0.3) is 10.2 Å². The standard InChI is InChI=1S/C17H22ClN5O2S/c1-17(2)16(24)20-3-4-23(17)15(22-5-6-25-14(18)9-22)12-7-11-13(26-12)8-19-10-21-11/h7-8,10,14-15H,3-6,9H2,1-2H3,(H,20,24). The monoisotopic (exact) mass is 395 g/mol. The van der Waals surface area contributed by atoms with Crippen molar-refractivity contribution < 1.29 is 9.53 Å². The number of nitrogens with zero attached hydrogens (tertiary/aromatic N) is 4. The minimum atomic E-state index is -0.620. The van der Waals surface area contributed by atoms with Crippen LogP contribution >= 0.6 is 22.9 Å². The fraction of sp³-hybridized carbons (Fsp3) is 0.588. The summed E-state index contributed by atoms with van der Waals surface area (Å²) >= 11 is 7.95. The Labute approximate surface area is 161 Å². The highest BCUT2D eigenvalue weighted by atomic mass is 35.5. The van der Waals surface area contributed by atoms with Gasteiger partial charge in [0.05, 0.1) is 28.5 Å². The topological polar surface area (TPSA) is 70.6 Å². The Kier molecular flexibility index (Phi) is 4.87. The Morgan fingerprint density at radius 1 is 1.46 bits per heavy atom. The van der Waals surface area contributed by atoms with E-state index in [2.05, 4.69) is 31.2 Å². The van der Waals surface area contributed by atoms with Crippen molar-refractivity contribution in [1.82, 2.24) is 25.1 Å². The predicted molar refractivity (Wildman–Crippen MR) is 101 cm³/mol. The average molecular weight is 396 g/mol. The van der Waals surface area contributed by atoms with Crippen molar-refractivity contribution in [3.05, 3.63) is 23.5 Å². The van der Waals surface area contributed by atoms with E-state index in [1.165, 1.54) is 0 Å². The molecule has 1 N–H and O–H groups in total. The van der Waals surface area contributed by atoms with Gasteiger partial charge in [-0.2, -0.15) is 0 Å². The van der Waals surface area contributed by atoms with Gasteiger partial charge in [0.25, 0.3) is 0 Å². The van der Waals surface area contributed by atoms with Crippen LogP contribution in [0, 0.1) is 0 Å². The van der Waals surface area contributed by atoms with Gasteiger partial charge in [-0.25, -0.2) is 9.97 Å². The molecule has 26 heavy (non-hydrogen) atoms. The van der Waals surface area contributed by atoms with Crippen LogP contribution in [-0.4, -0.2) is 69.6 Å². The number of nitrogens with one attached hydrogen (secondary N) is 1. The first-order chi connectivity index (χ1) is 12.5. The summed E-state index contributed by atoms with van der Waals surface area (Å²) in [6, 6.07) is 2.10. The summed E-state index contributed by atoms with van der Waals surface area (Å²) in [5.74, 6) is 0.0466. The molecule has 4 heterocycles. The van der Waals surface area contributed by atoms with Crippen molar-refractivity contribution in [1.29, 1.82) is 0 Å². The van der Waals surface area contributed by atoms with Crippen LogP contribution in [0.2, 0.25) is 0 Å². The van der Waals surface area contributed by atoms with Crippen LogP contribution in [0.15, 0.2) is 18.6 Å². The fourth-order valence-electron chi connectivity index (χ4n) is 3.65. The lowest BCUT2D eigenvalue weighted by atomic mass is 9.97. The van der Waals surface area contributed by atoms with Gasteiger partial charge in [0.2, 0.25) is 5.91 Å². The third kappa shape index (κ3) is 3.20. The van der Waals surface area contributed by atoms with Gasteiger partial charge in [0.1, 0.15) is 11.9 Å². The number of hydrogen-bond acceptors (Lipinski definition) is 7. The van der Waals surface area contributed by atoms with Gasteiger partial charge >= 0.3 is 0 Å². The predicted octanol–water partition coefficient (Wildman–Crippen LogP) is 1.80. The van der Waals surface area contributed by atoms with E-state index in [0.717, 1.165) is 28.2 Å². The zero-order valence-corrected chi connectivity index (χ0v) is 16.4. The lowest BCUT2D eigenvalue weighted by Crippen LogP contribution is -2.65. The molecular weight excluding hydrogens is 374 g/mol. The molecule has 2 unspecified atom stereocenters. The molecule has 1 amide bonds. The Hall–Kier alpha value is -1.32. The first-order valence-corrected chi connectivity index (χ1v) is 9.96. The third-order valence-corrected chi connectivity index (χ3v) is 6.44. The number of ether oxygens (including phenoxy) is 1. The van der Waals surface area contributed by atoms with Crippen molar-refractivity contribution in [3.63, 3.8) is 0 Å². The van der Waals surface area contributed by atoms with Crippen LogP contribution < -0.4 is 5.32 Å². The van der Waals surface area contributed by atoms with E-state index in [9.17, 15) is 4.79 Å². The first kappa shape index (κ1) is 18.1. The summed E-state index contributed by atoms with van der Waals surface area (Å²) in [6.07, 6.45) is 3.35. The molecule has 2 saturated heterocycles. The third-order valence-electron chi connectivity index (χ3n) is 5.08. The number of piperazine rings is 1. The molecular formula is C17H22ClN5O2S. The maximum Gasteiger partial charge on any atom is 0.240 e. The maximum atomic E-state index is 12.5. The SMILES string of the molecule is CC1(C)C(=O)NCCN1C(c1cc2ncncc2s1)N1CCOC(Cl)C1. The van der Waals surface area contributed by atoms with Gasteiger partial charge < -0.3 is 10.1 Å². The number of thiophene rings is 1. The van der Waals surface area contributed by atoms with E-state index in [1.807, 2.05) is 20.0 Å². The quantitative estimate of drug-likeness (QED) is 0.799. The van der Waals surface area contributed by atoms with Gasteiger partial charge in [0, 0.05) is 37.3 Å². The maximum absolute atomic E-state index is 12.5. The van der Waals surface area contributed by atoms with Crippen molar-refractivity contribution in [2.45, 2.75) is 31.1 Å². The minimum absolute atomic E-state index is 0.0466. The number of amides is 1. The Morgan fingerprint density at radius 2 is 2.31 bits per heavy atom. The number of aromatic nitrogens is 2. The minimum Gasteiger partial charge on any atom is -0.360 e. The molecule has 2 aliphatic rings. The van der Waals surface area contributed by atoms with Gasteiger partial charge in [-0.1, -0.05) is 11.6 Å². The molecule has 7 nitrogen and oxygen atoms in total. The lowest BCUT2D eigenvalue weighted by molar-refractivity contribution is -0.144. The molecule has 2 fully saturated rings. The van der Waals surface area contributed by atoms with E-state index >= 15 is 0 Å². The number of rotatable bonds is 3. The molecule has 0 aliphatic carbocycles. The van der Waals surface area contributed by atoms with Crippen LogP contribution in [0.1, 0.15) is 24.9 Å². The normalized spacial score (nSPS) is 26.0. The summed E-state index contributed by atoms with van der Waals surface area (Å²) < 4.78 is 6.56. The van der Waals surface area contributed by atoms with Gasteiger partial charge in [-0.15, -0.1) is 11.3 Å². The molecule has 140 valence electrons. The van der Waals surface area contributed by atoms with E-state index in [-0.39, 0.29) is 17.6 Å². The summed E-state index contributed by atoms with van der Waals surface area (Å²) in [5.41, 5.74) is -0.0349. The molecule has 0 saturated carbocycles. The molecule has 2 aromatic heterocycles. The first-order valence-electron chi connectivity index (χ1n) is 8.71. The molecule has 0 spiro atoms. The second-order valence-corrected chi connectivity index (χ2v) is 8.68. The summed E-state index contributed by atoms with van der Waals surface area (Å²) in [6.45, 7) is 7.31. The zero-order chi connectivity index (χ0) is 18.3. The number of carbonyl (C=O) groups is 1. The van der Waals surface area contributed by atoms with Crippen molar-refractivity contribution in [2.75, 3.05) is 32.8 Å². The Balaban J connectivity index is 1.77. The molecule has 9 heteroatoms. The summed E-state index contributed by atoms with van der Waals surface area (Å²) in [5, 5.41) is 2.98. The molecule has 2 aliphatic heterocycles. The number of carbonyl (C=O) groups excluding carboxylic acids is 1. The molecule has 4 rings (SSSR count). The lowest BCUT2D eigenvalue weighted by Gasteiger charge is -2.50. The second-order valence-electron chi connectivity index (χ2n) is 7.08. The van der Waals surface area contributed by atoms with Gasteiger partial charge in [-0.3, -0.25) is 14.6 Å². The Morgan fingerprint density at radius 3 is 3.08 bits per heavy atom. The number of alkyl halides is 1. The number of morpholine rings is 1. The highest BCUT2D eigenvalue weighted by molar-refractivity contribution is 7.19. The van der Waals surface area contributed by atoms with E-state index in [1.54, 1.807) is 17.7 Å². The number of fused-ring (bicyclic) bond motifs is 1. The van der Waals surface area contributed by atoms with Crippen molar-refractivity contribution in [2.24, 2.45) is 0 Å². The average Bonchev–Trinajstić information content (AvgIpc) is 3.03. The summed E-state index contributed by atoms with van der Waals surface area (Å²) in [4.78, 5) is 26.8. The number of hydrogen-bond donors (Lipinski definition) is 1. The van der Waals surface area contributed by atoms with Gasteiger partial charge in [-0.05, 0) is 19.9 Å². The molecule has 2 atom stereocenters. The van der Waals surface area contributed by atoms with Gasteiger partial charge in [0.15, 0.2) is 0 Å². The van der Waals surface area contributed by atoms with E-state index < -0.39 is 5.54 Å². The van der Waals surface area contributed by atoms with E-state index in [4.69, 9.17) is 16.3 Å². The zero-order valence-electron chi connectivity index (χ0n) is 14.8. The molecule has 0 radical (unpaired) electrons. The van der Waals surface area contributed by atoms with Crippen molar-refractivity contribution in [3.8, 4) is 0 Å². The smallest absolute Gasteiger partial charge is 0.240 e. The molecule has 0 bridgehead atoms. The van der Waals surface area contributed by atoms with Crippen LogP contribution in [-0.2, 0) is 9.53 Å². The molecule has 0 aromatic carbocycles. The Bertz CT molecular complexity index is 780. The number of halogens is 1. The summed E-state index contributed by atoms with van der Waals surface area (Å²) in [7, 11) is 0. The van der Waals surface area contributed by atoms with Crippen LogP contribution in [0.3, 0.4) is 0 Å². The largest absolute Gasteiger partial charge is 0.360 e. The van der Waals surface area contributed by atoms with Crippen LogP contribution in [0.4, 0.5) is 0 Å². The van der Waals surface area contributed by atoms with Crippen LogP contribution in [0.5, 0.6) is 0 Å². The highest BCUT2D eigenvalue weighted by Crippen LogP contribution is 2.38. The highest BCUT2D eigenvalue weighted by Gasteiger charge is 2.45.